The zero-order valence-electron chi connectivity index (χ0n) is 15.4. The highest BCUT2D eigenvalue weighted by molar-refractivity contribution is 5.90. The van der Waals surface area contributed by atoms with E-state index in [1.54, 1.807) is 11.6 Å². The van der Waals surface area contributed by atoms with Crippen molar-refractivity contribution in [1.82, 2.24) is 14.6 Å². The largest absolute Gasteiger partial charge is 0.273 e. The van der Waals surface area contributed by atoms with Crippen LogP contribution in [-0.4, -0.2) is 27.5 Å². The summed E-state index contributed by atoms with van der Waals surface area (Å²) in [6.07, 6.45) is 9.16. The molecule has 1 aliphatic carbocycles. The Hall–Kier alpha value is -3.34. The Bertz CT molecular complexity index is 1100. The molecule has 1 aromatic carbocycles. The SMILES string of the molecule is C/N=C(\N=c1\cccccc1C)C1C=C(c2nc3ccccn3n2)C=CC1. The lowest BCUT2D eigenvalue weighted by molar-refractivity contribution is 0.851. The highest BCUT2D eigenvalue weighted by Gasteiger charge is 2.18. The van der Waals surface area contributed by atoms with Gasteiger partial charge in [-0.05, 0) is 37.1 Å². The van der Waals surface area contributed by atoms with Gasteiger partial charge in [0.1, 0.15) is 5.84 Å². The Morgan fingerprint density at radius 1 is 1.11 bits per heavy atom. The maximum Gasteiger partial charge on any atom is 0.181 e. The van der Waals surface area contributed by atoms with E-state index in [2.05, 4.69) is 46.3 Å². The number of pyridine rings is 1. The van der Waals surface area contributed by atoms with E-state index in [4.69, 9.17) is 4.99 Å². The van der Waals surface area contributed by atoms with Crippen molar-refractivity contribution in [1.29, 1.82) is 0 Å². The molecule has 27 heavy (non-hydrogen) atoms. The van der Waals surface area contributed by atoms with E-state index in [1.807, 2.05) is 48.7 Å². The van der Waals surface area contributed by atoms with E-state index in [9.17, 15) is 0 Å². The first kappa shape index (κ1) is 17.1. The highest BCUT2D eigenvalue weighted by atomic mass is 15.3. The van der Waals surface area contributed by atoms with Crippen LogP contribution in [0, 0.1) is 12.8 Å². The summed E-state index contributed by atoms with van der Waals surface area (Å²) in [5, 5.41) is 5.52. The lowest BCUT2D eigenvalue weighted by Crippen LogP contribution is -2.17. The van der Waals surface area contributed by atoms with Crippen molar-refractivity contribution in [3.63, 3.8) is 0 Å². The van der Waals surface area contributed by atoms with Crippen molar-refractivity contribution in [2.24, 2.45) is 15.9 Å². The van der Waals surface area contributed by atoms with E-state index >= 15 is 0 Å². The summed E-state index contributed by atoms with van der Waals surface area (Å²) in [4.78, 5) is 13.9. The second kappa shape index (κ2) is 7.50. The van der Waals surface area contributed by atoms with Crippen LogP contribution >= 0.6 is 0 Å². The molecule has 0 fully saturated rings. The van der Waals surface area contributed by atoms with Crippen LogP contribution in [0.1, 0.15) is 17.8 Å². The predicted octanol–water partition coefficient (Wildman–Crippen LogP) is 3.63. The number of amidine groups is 1. The molecule has 0 bridgehead atoms. The summed E-state index contributed by atoms with van der Waals surface area (Å²) in [6.45, 7) is 2.06. The third-order valence-corrected chi connectivity index (χ3v) is 4.59. The summed E-state index contributed by atoms with van der Waals surface area (Å²) in [6, 6.07) is 16.0. The van der Waals surface area contributed by atoms with Crippen LogP contribution in [0.3, 0.4) is 0 Å². The van der Waals surface area contributed by atoms with Gasteiger partial charge in [0, 0.05) is 24.7 Å². The minimum atomic E-state index is 0.103. The van der Waals surface area contributed by atoms with E-state index < -0.39 is 0 Å². The van der Waals surface area contributed by atoms with Crippen LogP contribution in [-0.2, 0) is 0 Å². The average molecular weight is 355 g/mol. The van der Waals surface area contributed by atoms with Crippen LogP contribution in [0.15, 0.2) is 82.9 Å². The number of aliphatic imine (C=N–C) groups is 1. The molecule has 1 atom stereocenters. The van der Waals surface area contributed by atoms with E-state index in [0.29, 0.717) is 0 Å². The summed E-state index contributed by atoms with van der Waals surface area (Å²) in [7, 11) is 1.80. The molecule has 1 unspecified atom stereocenters. The number of nitrogens with zero attached hydrogens (tertiary/aromatic N) is 5. The fourth-order valence-electron chi connectivity index (χ4n) is 3.14. The molecular weight excluding hydrogens is 334 g/mol. The fourth-order valence-corrected chi connectivity index (χ4v) is 3.14. The third-order valence-electron chi connectivity index (χ3n) is 4.59. The number of rotatable bonds is 2. The zero-order chi connectivity index (χ0) is 18.6. The Kier molecular flexibility index (Phi) is 4.75. The molecule has 0 saturated heterocycles. The number of aryl methyl sites for hydroxylation is 1. The quantitative estimate of drug-likeness (QED) is 0.521. The van der Waals surface area contributed by atoms with Crippen molar-refractivity contribution < 1.29 is 0 Å². The Labute approximate surface area is 158 Å². The average Bonchev–Trinajstić information content (AvgIpc) is 3.04. The van der Waals surface area contributed by atoms with Gasteiger partial charge in [-0.25, -0.2) is 14.5 Å². The Morgan fingerprint density at radius 3 is 2.81 bits per heavy atom. The second-order valence-electron chi connectivity index (χ2n) is 6.48. The van der Waals surface area contributed by atoms with Crippen LogP contribution < -0.4 is 5.36 Å². The van der Waals surface area contributed by atoms with E-state index in [-0.39, 0.29) is 5.92 Å². The number of allylic oxidation sites excluding steroid dienone is 3. The number of hydrogen-bond acceptors (Lipinski definition) is 3. The highest BCUT2D eigenvalue weighted by Crippen LogP contribution is 2.24. The smallest absolute Gasteiger partial charge is 0.181 e. The minimum absolute atomic E-state index is 0.103. The van der Waals surface area contributed by atoms with Gasteiger partial charge in [0.05, 0.1) is 5.36 Å². The third kappa shape index (κ3) is 3.62. The lowest BCUT2D eigenvalue weighted by Gasteiger charge is -2.15. The molecule has 0 aliphatic heterocycles. The maximum atomic E-state index is 4.84. The molecule has 0 saturated carbocycles. The molecule has 5 heteroatoms. The zero-order valence-corrected chi connectivity index (χ0v) is 15.4. The number of fused-ring (bicyclic) bond motifs is 1. The van der Waals surface area contributed by atoms with Crippen LogP contribution in [0.25, 0.3) is 11.2 Å². The summed E-state index contributed by atoms with van der Waals surface area (Å²) in [5.41, 5.74) is 2.96. The minimum Gasteiger partial charge on any atom is -0.273 e. The van der Waals surface area contributed by atoms with Gasteiger partial charge in [-0.1, -0.05) is 48.6 Å². The molecule has 5 nitrogen and oxygen atoms in total. The molecule has 1 aliphatic rings. The van der Waals surface area contributed by atoms with Crippen molar-refractivity contribution in [3.8, 4) is 0 Å². The standard InChI is InChI=1S/C22H21N5/c1-16-9-4-3-5-12-19(16)24-21(23-2)17-10-8-11-18(15-17)22-25-20-13-6-7-14-27(20)26-22/h3-9,11-15,17H,10H2,1-2H3/b23-21-,24-19-. The van der Waals surface area contributed by atoms with Gasteiger partial charge in [-0.15, -0.1) is 5.10 Å². The topological polar surface area (TPSA) is 54.9 Å². The first-order valence-corrected chi connectivity index (χ1v) is 9.02. The predicted molar refractivity (Wildman–Crippen MR) is 108 cm³/mol. The maximum absolute atomic E-state index is 4.84. The van der Waals surface area contributed by atoms with Gasteiger partial charge in [-0.3, -0.25) is 4.99 Å². The summed E-state index contributed by atoms with van der Waals surface area (Å²) in [5.74, 6) is 1.64. The Morgan fingerprint density at radius 2 is 1.96 bits per heavy atom. The lowest BCUT2D eigenvalue weighted by atomic mass is 9.94. The molecule has 0 radical (unpaired) electrons. The van der Waals surface area contributed by atoms with Crippen molar-refractivity contribution in [2.45, 2.75) is 13.3 Å². The fraction of sp³-hybridized carbons (Fsp3) is 0.182. The molecule has 0 spiro atoms. The molecule has 0 N–H and O–H groups in total. The summed E-state index contributed by atoms with van der Waals surface area (Å²) >= 11 is 0. The molecule has 3 aromatic rings. The normalized spacial score (nSPS) is 18.0. The van der Waals surface area contributed by atoms with Gasteiger partial charge in [0.15, 0.2) is 11.5 Å². The van der Waals surface area contributed by atoms with E-state index in [1.165, 1.54) is 0 Å². The number of hydrogen-bond donors (Lipinski definition) is 0. The van der Waals surface area contributed by atoms with Crippen molar-refractivity contribution in [2.75, 3.05) is 7.05 Å². The van der Waals surface area contributed by atoms with Gasteiger partial charge in [0.25, 0.3) is 0 Å². The Balaban J connectivity index is 1.71. The van der Waals surface area contributed by atoms with Gasteiger partial charge >= 0.3 is 0 Å². The van der Waals surface area contributed by atoms with Gasteiger partial charge in [-0.2, -0.15) is 0 Å². The first-order chi connectivity index (χ1) is 13.2. The molecule has 4 rings (SSSR count). The van der Waals surface area contributed by atoms with Gasteiger partial charge < -0.3 is 0 Å². The van der Waals surface area contributed by atoms with Crippen LogP contribution in [0.2, 0.25) is 0 Å². The molecule has 2 aromatic heterocycles. The van der Waals surface area contributed by atoms with E-state index in [0.717, 1.165) is 40.2 Å². The second-order valence-corrected chi connectivity index (χ2v) is 6.48. The van der Waals surface area contributed by atoms with Crippen LogP contribution in [0.4, 0.5) is 0 Å². The van der Waals surface area contributed by atoms with Gasteiger partial charge in [0.2, 0.25) is 0 Å². The summed E-state index contributed by atoms with van der Waals surface area (Å²) < 4.78 is 1.79. The van der Waals surface area contributed by atoms with Crippen molar-refractivity contribution >= 4 is 17.1 Å². The van der Waals surface area contributed by atoms with Crippen molar-refractivity contribution in [3.05, 3.63) is 89.7 Å². The molecule has 134 valence electrons. The molecular formula is C22H21N5. The monoisotopic (exact) mass is 355 g/mol. The molecule has 0 amide bonds. The van der Waals surface area contributed by atoms with Crippen LogP contribution in [0.5, 0.6) is 0 Å². The molecule has 2 heterocycles. The number of aromatic nitrogens is 3. The first-order valence-electron chi connectivity index (χ1n) is 9.02.